The standard InChI is InChI=1S/4C5H7N2.2Bi.12BrH/c4*1-7-4-2-6-3-5-7;;;;;;;;;;;;;;/h4*2-5H,1H3;;;12*1H/q4*+1;2*+2;;;;;;;;;;;;/p-8. The van der Waals surface area contributed by atoms with Crippen molar-refractivity contribution >= 4 is 52.4 Å². The molecule has 0 aromatic carbocycles. The molecule has 4 aromatic heterocycles. The van der Waals surface area contributed by atoms with Gasteiger partial charge in [-0.25, -0.2) is 19.9 Å². The maximum absolute atomic E-state index is 2.91. The molecule has 0 atom stereocenters. The van der Waals surface area contributed by atoms with Crippen LogP contribution in [0.2, 0.25) is 0 Å². The van der Waals surface area contributed by atoms with Crippen LogP contribution >= 0.6 is 0 Å². The van der Waals surface area contributed by atoms with E-state index < -0.39 is 0 Å². The molecule has 0 aliphatic rings. The number of rotatable bonds is 0. The third-order valence-electron chi connectivity index (χ3n) is 3.25. The number of halogens is 12. The van der Waals surface area contributed by atoms with Gasteiger partial charge in [0.2, 0.25) is 99.1 Å². The summed E-state index contributed by atoms with van der Waals surface area (Å²) in [5, 5.41) is 0. The Morgan fingerprint density at radius 1 is 0.262 bits per heavy atom. The van der Waals surface area contributed by atoms with Gasteiger partial charge in [-0.1, -0.05) is 0 Å². The largest absolute Gasteiger partial charge is 2.00 e. The summed E-state index contributed by atoms with van der Waals surface area (Å²) >= 11 is 0. The van der Waals surface area contributed by atoms with Crippen LogP contribution in [0.25, 0.3) is 0 Å². The average molecular weight is 1760 g/mol. The number of aromatic amines is 4. The van der Waals surface area contributed by atoms with Crippen LogP contribution in [-0.4, -0.2) is 52.4 Å². The van der Waals surface area contributed by atoms with Crippen LogP contribution in [0.3, 0.4) is 0 Å². The van der Waals surface area contributed by atoms with E-state index in [0.29, 0.717) is 0 Å². The smallest absolute Gasteiger partial charge is 1.00 e. The number of hydrogen-bond acceptors (Lipinski definition) is 0. The molecule has 22 heteroatoms. The van der Waals surface area contributed by atoms with Crippen LogP contribution in [-0.2, 0) is 28.2 Å². The Morgan fingerprint density at radius 3 is 0.405 bits per heavy atom. The van der Waals surface area contributed by atoms with Gasteiger partial charge in [0, 0.05) is 0 Å². The topological polar surface area (TPSA) is 72.1 Å². The molecule has 4 rings (SSSR count). The average Bonchev–Trinajstić information content (AvgIpc) is 2.72. The molecule has 0 amide bonds. The SMILES string of the molecule is C[n+]1cc[nH+]cc1.C[n+]1cc[nH+]cc1.C[n+]1cc[nH+]cc1.C[n+]1cc[nH+]cc1.[Bi+2].[Bi+2].[Br-].[Br-].[Br-].[Br-].[Br-].[Br-].[Br-].[Br-].[Br-].[Br-].[Br-].[Br-]. The summed E-state index contributed by atoms with van der Waals surface area (Å²) in [4.78, 5) is 11.6. The van der Waals surface area contributed by atoms with Crippen LogP contribution < -0.4 is 242 Å². The summed E-state index contributed by atoms with van der Waals surface area (Å²) in [6.45, 7) is 0. The summed E-state index contributed by atoms with van der Waals surface area (Å²) in [7, 11) is 7.92. The minimum atomic E-state index is 0. The third-order valence-corrected chi connectivity index (χ3v) is 3.25. The van der Waals surface area contributed by atoms with E-state index >= 15 is 0 Å². The number of aryl methyl sites for hydroxylation is 4. The van der Waals surface area contributed by atoms with Crippen LogP contribution in [0.5, 0.6) is 0 Å². The zero-order valence-electron chi connectivity index (χ0n) is 22.5. The monoisotopic (exact) mass is 1750 g/mol. The second-order valence-electron chi connectivity index (χ2n) is 5.85. The molecule has 0 aliphatic heterocycles. The molecule has 8 nitrogen and oxygen atoms in total. The van der Waals surface area contributed by atoms with E-state index in [-0.39, 0.29) is 256 Å². The van der Waals surface area contributed by atoms with Crippen molar-refractivity contribution in [3.8, 4) is 0 Å². The van der Waals surface area contributed by atoms with Crippen molar-refractivity contribution in [3.63, 3.8) is 0 Å². The summed E-state index contributed by atoms with van der Waals surface area (Å²) in [5.74, 6) is 0. The van der Waals surface area contributed by atoms with E-state index in [2.05, 4.69) is 19.9 Å². The van der Waals surface area contributed by atoms with Crippen molar-refractivity contribution in [2.45, 2.75) is 0 Å². The number of hydrogen-bond donors (Lipinski definition) is 0. The fraction of sp³-hybridized carbons (Fsp3) is 0.200. The first-order valence-corrected chi connectivity index (χ1v) is 8.83. The second-order valence-corrected chi connectivity index (χ2v) is 5.85. The molecule has 0 aliphatic carbocycles. The van der Waals surface area contributed by atoms with Gasteiger partial charge >= 0.3 is 52.4 Å². The van der Waals surface area contributed by atoms with Gasteiger partial charge in [0.15, 0.2) is 0 Å². The van der Waals surface area contributed by atoms with Gasteiger partial charge in [-0.15, -0.1) is 0 Å². The Hall–Kier alpha value is 3.85. The molecular weight excluding hydrogens is 1730 g/mol. The van der Waals surface area contributed by atoms with Crippen molar-refractivity contribution < 1.29 is 242 Å². The molecule has 0 fully saturated rings. The number of nitrogens with zero attached hydrogens (tertiary/aromatic N) is 4. The van der Waals surface area contributed by atoms with E-state index in [1.165, 1.54) is 0 Å². The zero-order chi connectivity index (χ0) is 20.5. The fourth-order valence-corrected chi connectivity index (χ4v) is 1.71. The van der Waals surface area contributed by atoms with Crippen molar-refractivity contribution in [3.05, 3.63) is 99.1 Å². The summed E-state index contributed by atoms with van der Waals surface area (Å²) in [6.07, 6.45) is 30.6. The van der Waals surface area contributed by atoms with Gasteiger partial charge in [0.05, 0.1) is 0 Å². The molecule has 0 unspecified atom stereocenters. The van der Waals surface area contributed by atoms with Crippen LogP contribution in [0.4, 0.5) is 0 Å². The van der Waals surface area contributed by atoms with E-state index in [4.69, 9.17) is 0 Å². The number of nitrogens with one attached hydrogen (secondary N) is 4. The first-order chi connectivity index (χ1) is 13.6. The fourth-order valence-electron chi connectivity index (χ4n) is 1.71. The minimum absolute atomic E-state index is 0. The van der Waals surface area contributed by atoms with E-state index in [1.54, 1.807) is 0 Å². The van der Waals surface area contributed by atoms with Gasteiger partial charge in [-0.2, -0.15) is 18.3 Å². The van der Waals surface area contributed by atoms with Crippen molar-refractivity contribution in [1.29, 1.82) is 0 Å². The predicted molar refractivity (Wildman–Crippen MR) is 108 cm³/mol. The van der Waals surface area contributed by atoms with Gasteiger partial charge in [-0.05, 0) is 0 Å². The quantitative estimate of drug-likeness (QED) is 0.124. The Bertz CT molecular complexity index is 741. The zero-order valence-corrected chi connectivity index (χ0v) is 48.4. The minimum Gasteiger partial charge on any atom is -1.00 e. The molecule has 4 aromatic rings. The Kier molecular flexibility index (Phi) is 145. The molecule has 246 valence electrons. The van der Waals surface area contributed by atoms with E-state index in [9.17, 15) is 0 Å². The Balaban J connectivity index is -0.0000000187. The third kappa shape index (κ3) is 62.6. The predicted octanol–water partition coefficient (Wildman–Crippen LogP) is -39.4. The van der Waals surface area contributed by atoms with Crippen LogP contribution in [0, 0.1) is 0 Å². The van der Waals surface area contributed by atoms with Gasteiger partial charge in [-0.3, -0.25) is 0 Å². The van der Waals surface area contributed by atoms with Crippen molar-refractivity contribution in [2.24, 2.45) is 28.2 Å². The summed E-state index contributed by atoms with van der Waals surface area (Å²) < 4.78 is 7.88. The first kappa shape index (κ1) is 90.9. The number of H-pyrrole nitrogens is 4. The molecular formula is C20H32Bi2Br12N8. The Labute approximate surface area is 414 Å². The van der Waals surface area contributed by atoms with Gasteiger partial charge in [0.1, 0.15) is 28.2 Å². The van der Waals surface area contributed by atoms with Crippen LogP contribution in [0.15, 0.2) is 99.1 Å². The Morgan fingerprint density at radius 2 is 0.357 bits per heavy atom. The maximum Gasteiger partial charge on any atom is 2.00 e. The molecule has 0 spiro atoms. The molecule has 6 radical (unpaired) electrons. The van der Waals surface area contributed by atoms with Crippen LogP contribution in [0.1, 0.15) is 0 Å². The second kappa shape index (κ2) is 67.1. The normalized spacial score (nSPS) is 5.81. The van der Waals surface area contributed by atoms with Crippen molar-refractivity contribution in [1.82, 2.24) is 0 Å². The van der Waals surface area contributed by atoms with Gasteiger partial charge < -0.3 is 204 Å². The first-order valence-electron chi connectivity index (χ1n) is 8.83. The molecule has 0 bridgehead atoms. The molecule has 0 saturated carbocycles. The summed E-state index contributed by atoms with van der Waals surface area (Å²) in [6, 6.07) is 0. The van der Waals surface area contributed by atoms with Gasteiger partial charge in [0.25, 0.3) is 0 Å². The maximum atomic E-state index is 2.91. The van der Waals surface area contributed by atoms with E-state index in [1.807, 2.05) is 146 Å². The molecule has 0 saturated heterocycles. The molecule has 4 heterocycles. The summed E-state index contributed by atoms with van der Waals surface area (Å²) in [5.41, 5.74) is 0. The number of aromatic nitrogens is 8. The molecule has 4 N–H and O–H groups in total. The molecule has 42 heavy (non-hydrogen) atoms. The van der Waals surface area contributed by atoms with Crippen molar-refractivity contribution in [2.75, 3.05) is 0 Å². The van der Waals surface area contributed by atoms with E-state index in [0.717, 1.165) is 0 Å².